The van der Waals surface area contributed by atoms with E-state index in [0.29, 0.717) is 40.4 Å². The lowest BCUT2D eigenvalue weighted by Crippen LogP contribution is -2.28. The van der Waals surface area contributed by atoms with Crippen LogP contribution in [0.25, 0.3) is 0 Å². The summed E-state index contributed by atoms with van der Waals surface area (Å²) in [6.45, 7) is 0. The number of hydrogen-bond acceptors (Lipinski definition) is 6. The number of hydrogen-bond donors (Lipinski definition) is 3. The topological polar surface area (TPSA) is 99.3 Å². The molecule has 150 valence electrons. The van der Waals surface area contributed by atoms with Crippen LogP contribution >= 0.6 is 22.6 Å². The van der Waals surface area contributed by atoms with Gasteiger partial charge in [-0.25, -0.2) is 4.98 Å². The van der Waals surface area contributed by atoms with Crippen molar-refractivity contribution in [3.63, 3.8) is 0 Å². The lowest BCUT2D eigenvalue weighted by molar-refractivity contribution is -0.111. The third-order valence-corrected chi connectivity index (χ3v) is 5.51. The molecule has 0 unspecified atom stereocenters. The molecule has 0 bridgehead atoms. The molecule has 2 heterocycles. The number of rotatable bonds is 5. The van der Waals surface area contributed by atoms with Crippen LogP contribution in [0.3, 0.4) is 0 Å². The SMILES string of the molecule is CN1c2ccc(NC(=O)/C=C/CI)cc2C(=O)Nc2cnc(NC3CCC3)nc21. The fraction of sp³-hybridized carbons (Fsp3) is 0.300. The van der Waals surface area contributed by atoms with Crippen molar-refractivity contribution in [3.8, 4) is 0 Å². The van der Waals surface area contributed by atoms with E-state index in [-0.39, 0.29) is 11.8 Å². The molecule has 0 saturated heterocycles. The molecule has 2 aliphatic rings. The van der Waals surface area contributed by atoms with Crippen LogP contribution in [0.1, 0.15) is 29.6 Å². The summed E-state index contributed by atoms with van der Waals surface area (Å²) >= 11 is 2.16. The molecule has 1 aliphatic heterocycles. The van der Waals surface area contributed by atoms with Crippen molar-refractivity contribution in [2.24, 2.45) is 0 Å². The van der Waals surface area contributed by atoms with Gasteiger partial charge in [-0.05, 0) is 37.5 Å². The van der Waals surface area contributed by atoms with Crippen molar-refractivity contribution in [1.82, 2.24) is 9.97 Å². The lowest BCUT2D eigenvalue weighted by atomic mass is 9.93. The number of carbonyl (C=O) groups excluding carboxylic acids is 2. The molecule has 1 fully saturated rings. The first kappa shape index (κ1) is 19.6. The Morgan fingerprint density at radius 1 is 1.41 bits per heavy atom. The van der Waals surface area contributed by atoms with Gasteiger partial charge in [-0.15, -0.1) is 0 Å². The maximum Gasteiger partial charge on any atom is 0.258 e. The standard InChI is InChI=1S/C20H21IN6O2/c1-27-16-8-7-13(23-17(28)6-3-9-21)10-14(16)19(29)25-15-11-22-20(26-18(15)27)24-12-4-2-5-12/h3,6-8,10-12H,2,4-5,9H2,1H3,(H,23,28)(H,25,29)(H,22,24,26)/b6-3+. The summed E-state index contributed by atoms with van der Waals surface area (Å²) in [5, 5.41) is 8.99. The van der Waals surface area contributed by atoms with Gasteiger partial charge in [0.05, 0.1) is 17.4 Å². The minimum atomic E-state index is -0.271. The second-order valence-electron chi connectivity index (χ2n) is 6.99. The minimum absolute atomic E-state index is 0.232. The fourth-order valence-corrected chi connectivity index (χ4v) is 3.50. The van der Waals surface area contributed by atoms with Gasteiger partial charge >= 0.3 is 0 Å². The first-order valence-electron chi connectivity index (χ1n) is 9.41. The monoisotopic (exact) mass is 504 g/mol. The van der Waals surface area contributed by atoms with E-state index in [1.165, 1.54) is 12.5 Å². The van der Waals surface area contributed by atoms with Crippen molar-refractivity contribution in [2.45, 2.75) is 25.3 Å². The predicted molar refractivity (Wildman–Crippen MR) is 122 cm³/mol. The zero-order chi connectivity index (χ0) is 20.4. The van der Waals surface area contributed by atoms with Crippen LogP contribution in [0.4, 0.5) is 28.8 Å². The maximum absolute atomic E-state index is 12.8. The van der Waals surface area contributed by atoms with Crippen LogP contribution in [0.2, 0.25) is 0 Å². The van der Waals surface area contributed by atoms with Crippen LogP contribution in [-0.2, 0) is 4.79 Å². The quantitative estimate of drug-likeness (QED) is 0.326. The molecule has 1 aromatic heterocycles. The van der Waals surface area contributed by atoms with E-state index < -0.39 is 0 Å². The Balaban J connectivity index is 1.62. The third-order valence-electron chi connectivity index (χ3n) is 5.00. The average molecular weight is 504 g/mol. The molecular formula is C20H21IN6O2. The summed E-state index contributed by atoms with van der Waals surface area (Å²) in [6.07, 6.45) is 8.34. The van der Waals surface area contributed by atoms with Crippen LogP contribution < -0.4 is 20.9 Å². The van der Waals surface area contributed by atoms with Crippen molar-refractivity contribution >= 4 is 63.2 Å². The maximum atomic E-state index is 12.8. The van der Waals surface area contributed by atoms with E-state index in [9.17, 15) is 9.59 Å². The molecule has 29 heavy (non-hydrogen) atoms. The Bertz CT molecular complexity index is 989. The molecule has 3 N–H and O–H groups in total. The highest BCUT2D eigenvalue weighted by atomic mass is 127. The average Bonchev–Trinajstić information content (AvgIpc) is 2.78. The molecule has 1 aromatic carbocycles. The molecule has 0 atom stereocenters. The first-order valence-corrected chi connectivity index (χ1v) is 10.9. The van der Waals surface area contributed by atoms with Gasteiger partial charge in [0.1, 0.15) is 5.69 Å². The Labute approximate surface area is 182 Å². The Morgan fingerprint density at radius 2 is 2.24 bits per heavy atom. The van der Waals surface area contributed by atoms with Gasteiger partial charge in [-0.3, -0.25) is 9.59 Å². The summed E-state index contributed by atoms with van der Waals surface area (Å²) in [5.74, 6) is 0.678. The number of alkyl halides is 1. The van der Waals surface area contributed by atoms with Gasteiger partial charge < -0.3 is 20.9 Å². The molecule has 8 nitrogen and oxygen atoms in total. The van der Waals surface area contributed by atoms with Crippen LogP contribution in [0, 0.1) is 0 Å². The molecule has 4 rings (SSSR count). The van der Waals surface area contributed by atoms with Crippen LogP contribution in [0.15, 0.2) is 36.5 Å². The number of aromatic nitrogens is 2. The van der Waals surface area contributed by atoms with Gasteiger partial charge in [0.25, 0.3) is 5.91 Å². The van der Waals surface area contributed by atoms with E-state index >= 15 is 0 Å². The molecule has 2 amide bonds. The number of fused-ring (bicyclic) bond motifs is 2. The van der Waals surface area contributed by atoms with Gasteiger partial charge in [0, 0.05) is 29.3 Å². The molecule has 2 aromatic rings. The van der Waals surface area contributed by atoms with Crippen molar-refractivity contribution < 1.29 is 9.59 Å². The second kappa shape index (κ2) is 8.36. The number of halogens is 1. The van der Waals surface area contributed by atoms with Gasteiger partial charge in [-0.2, -0.15) is 4.98 Å². The summed E-state index contributed by atoms with van der Waals surface area (Å²) in [5.41, 5.74) is 2.26. The fourth-order valence-electron chi connectivity index (χ4n) is 3.25. The molecule has 0 spiro atoms. The first-order chi connectivity index (χ1) is 14.0. The zero-order valence-corrected chi connectivity index (χ0v) is 18.1. The number of allylic oxidation sites excluding steroid dienone is 1. The van der Waals surface area contributed by atoms with E-state index in [2.05, 4.69) is 48.5 Å². The van der Waals surface area contributed by atoms with Crippen LogP contribution in [-0.4, -0.2) is 39.3 Å². The molecule has 1 aliphatic carbocycles. The third kappa shape index (κ3) is 4.19. The summed E-state index contributed by atoms with van der Waals surface area (Å²) in [4.78, 5) is 35.6. The highest BCUT2D eigenvalue weighted by molar-refractivity contribution is 14.1. The summed E-state index contributed by atoms with van der Waals surface area (Å²) in [6, 6.07) is 5.67. The number of nitrogens with one attached hydrogen (secondary N) is 3. The van der Waals surface area contributed by atoms with Gasteiger partial charge in [-0.1, -0.05) is 28.7 Å². The minimum Gasteiger partial charge on any atom is -0.351 e. The molecular weight excluding hydrogens is 483 g/mol. The number of nitrogens with zero attached hydrogens (tertiary/aromatic N) is 3. The molecule has 9 heteroatoms. The Hall–Kier alpha value is -2.69. The van der Waals surface area contributed by atoms with Gasteiger partial charge in [0.15, 0.2) is 5.82 Å². The summed E-state index contributed by atoms with van der Waals surface area (Å²) in [7, 11) is 1.86. The Kier molecular flexibility index (Phi) is 5.65. The van der Waals surface area contributed by atoms with E-state index in [0.717, 1.165) is 17.3 Å². The van der Waals surface area contributed by atoms with E-state index in [1.807, 2.05) is 18.0 Å². The number of benzene rings is 1. The largest absolute Gasteiger partial charge is 0.351 e. The smallest absolute Gasteiger partial charge is 0.258 e. The van der Waals surface area contributed by atoms with Crippen molar-refractivity contribution in [3.05, 3.63) is 42.1 Å². The molecule has 0 radical (unpaired) electrons. The second-order valence-corrected chi connectivity index (χ2v) is 7.87. The number of carbonyl (C=O) groups is 2. The predicted octanol–water partition coefficient (Wildman–Crippen LogP) is 3.70. The number of amides is 2. The van der Waals surface area contributed by atoms with Crippen molar-refractivity contribution in [2.75, 3.05) is 32.3 Å². The van der Waals surface area contributed by atoms with Crippen molar-refractivity contribution in [1.29, 1.82) is 0 Å². The molecule has 1 saturated carbocycles. The van der Waals surface area contributed by atoms with E-state index in [4.69, 9.17) is 0 Å². The Morgan fingerprint density at radius 3 is 2.97 bits per heavy atom. The van der Waals surface area contributed by atoms with E-state index in [1.54, 1.807) is 24.4 Å². The summed E-state index contributed by atoms with van der Waals surface area (Å²) < 4.78 is 0.749. The normalized spacial score (nSPS) is 15.8. The lowest BCUT2D eigenvalue weighted by Gasteiger charge is -2.27. The van der Waals surface area contributed by atoms with Gasteiger partial charge in [0.2, 0.25) is 11.9 Å². The highest BCUT2D eigenvalue weighted by Crippen LogP contribution is 2.36. The van der Waals surface area contributed by atoms with Crippen LogP contribution in [0.5, 0.6) is 0 Å². The number of anilines is 5. The zero-order valence-electron chi connectivity index (χ0n) is 15.9. The highest BCUT2D eigenvalue weighted by Gasteiger charge is 2.26.